The maximum atomic E-state index is 13.4. The Bertz CT molecular complexity index is 1520. The molecule has 0 spiro atoms. The number of nitro groups is 1. The van der Waals surface area contributed by atoms with E-state index in [4.69, 9.17) is 9.47 Å². The molecule has 4 amide bonds. The average molecular weight is 594 g/mol. The Balaban J connectivity index is 1.65. The van der Waals surface area contributed by atoms with Crippen LogP contribution >= 0.6 is 15.9 Å². The van der Waals surface area contributed by atoms with E-state index in [9.17, 15) is 24.5 Å². The number of urea groups is 1. The van der Waals surface area contributed by atoms with Crippen LogP contribution in [0.15, 0.2) is 64.6 Å². The number of aryl methyl sites for hydroxylation is 2. The van der Waals surface area contributed by atoms with E-state index in [1.165, 1.54) is 18.2 Å². The molecule has 1 N–H and O–H groups in total. The summed E-state index contributed by atoms with van der Waals surface area (Å²) in [6, 6.07) is 13.8. The van der Waals surface area contributed by atoms with Gasteiger partial charge in [0.05, 0.1) is 21.7 Å². The predicted molar refractivity (Wildman–Crippen MR) is 148 cm³/mol. The number of barbiturate groups is 1. The van der Waals surface area contributed by atoms with Crippen LogP contribution in [0.5, 0.6) is 11.5 Å². The first-order valence-corrected chi connectivity index (χ1v) is 12.7. The van der Waals surface area contributed by atoms with Crippen molar-refractivity contribution in [3.05, 3.63) is 97.0 Å². The lowest BCUT2D eigenvalue weighted by Gasteiger charge is -2.28. The molecule has 0 saturated carbocycles. The molecule has 1 fully saturated rings. The summed E-state index contributed by atoms with van der Waals surface area (Å²) < 4.78 is 12.2. The molecule has 0 radical (unpaired) electrons. The smallest absolute Gasteiger partial charge is 0.335 e. The maximum Gasteiger partial charge on any atom is 0.335 e. The zero-order valence-electron chi connectivity index (χ0n) is 21.3. The highest BCUT2D eigenvalue weighted by molar-refractivity contribution is 9.10. The highest BCUT2D eigenvalue weighted by atomic mass is 79.9. The quantitative estimate of drug-likeness (QED) is 0.155. The summed E-state index contributed by atoms with van der Waals surface area (Å²) in [5, 5.41) is 13.1. The second-order valence-electron chi connectivity index (χ2n) is 8.72. The monoisotopic (exact) mass is 593 g/mol. The molecular weight excluding hydrogens is 570 g/mol. The molecule has 1 aliphatic heterocycles. The van der Waals surface area contributed by atoms with Gasteiger partial charge in [0.2, 0.25) is 0 Å². The van der Waals surface area contributed by atoms with Crippen molar-refractivity contribution in [2.24, 2.45) is 0 Å². The summed E-state index contributed by atoms with van der Waals surface area (Å²) in [5.41, 5.74) is 2.88. The van der Waals surface area contributed by atoms with Gasteiger partial charge in [-0.25, -0.2) is 9.69 Å². The first-order chi connectivity index (χ1) is 18.6. The molecule has 1 aliphatic rings. The van der Waals surface area contributed by atoms with E-state index in [2.05, 4.69) is 21.2 Å². The molecule has 10 nitrogen and oxygen atoms in total. The fourth-order valence-electron chi connectivity index (χ4n) is 3.95. The third-order valence-electron chi connectivity index (χ3n) is 5.88. The van der Waals surface area contributed by atoms with Crippen molar-refractivity contribution in [1.82, 2.24) is 5.32 Å². The number of nitrogens with one attached hydrogen (secondary N) is 1. The van der Waals surface area contributed by atoms with Gasteiger partial charge in [-0.2, -0.15) is 0 Å². The van der Waals surface area contributed by atoms with Gasteiger partial charge in [-0.3, -0.25) is 25.0 Å². The van der Waals surface area contributed by atoms with Gasteiger partial charge in [0, 0.05) is 12.1 Å². The molecule has 3 aromatic carbocycles. The van der Waals surface area contributed by atoms with Crippen LogP contribution < -0.4 is 19.7 Å². The highest BCUT2D eigenvalue weighted by Crippen LogP contribution is 2.38. The number of amides is 4. The number of rotatable bonds is 8. The number of halogens is 1. The summed E-state index contributed by atoms with van der Waals surface area (Å²) in [7, 11) is 0. The van der Waals surface area contributed by atoms with Crippen molar-refractivity contribution in [1.29, 1.82) is 0 Å². The highest BCUT2D eigenvalue weighted by Gasteiger charge is 2.37. The number of nitrogens with zero attached hydrogens (tertiary/aromatic N) is 2. The summed E-state index contributed by atoms with van der Waals surface area (Å²) in [4.78, 5) is 50.0. The average Bonchev–Trinajstić information content (AvgIpc) is 2.88. The lowest BCUT2D eigenvalue weighted by molar-refractivity contribution is -0.384. The van der Waals surface area contributed by atoms with Gasteiger partial charge in [0.15, 0.2) is 11.5 Å². The number of carbonyl (C=O) groups excluding carboxylic acids is 3. The standard InChI is InChI=1S/C28H24BrN3O7/c1-4-38-24-14-19(13-22(29)25(24)39-15-18-7-9-20(10-8-18)32(36)37)12-21-26(33)30-28(35)31(27(21)34)23-11-16(2)5-6-17(23)3/h5-14H,4,15H2,1-3H3,(H,30,33,35)/b21-12+. The number of ether oxygens (including phenoxy) is 2. The van der Waals surface area contributed by atoms with Crippen LogP contribution in [0.3, 0.4) is 0 Å². The molecule has 0 unspecified atom stereocenters. The summed E-state index contributed by atoms with van der Waals surface area (Å²) in [6.45, 7) is 5.84. The molecule has 1 heterocycles. The van der Waals surface area contributed by atoms with E-state index in [0.29, 0.717) is 45.0 Å². The number of non-ortho nitro benzene ring substituents is 1. The molecule has 11 heteroatoms. The lowest BCUT2D eigenvalue weighted by atomic mass is 10.0. The number of anilines is 1. The number of hydrogen-bond donors (Lipinski definition) is 1. The molecule has 200 valence electrons. The van der Waals surface area contributed by atoms with Crippen LogP contribution in [0.4, 0.5) is 16.2 Å². The minimum atomic E-state index is -0.818. The van der Waals surface area contributed by atoms with Gasteiger partial charge in [-0.1, -0.05) is 12.1 Å². The topological polar surface area (TPSA) is 128 Å². The van der Waals surface area contributed by atoms with E-state index in [1.54, 1.807) is 50.2 Å². The van der Waals surface area contributed by atoms with Crippen LogP contribution in [0, 0.1) is 24.0 Å². The van der Waals surface area contributed by atoms with Gasteiger partial charge < -0.3 is 9.47 Å². The van der Waals surface area contributed by atoms with E-state index in [1.807, 2.05) is 13.0 Å². The molecule has 0 aromatic heterocycles. The first kappa shape index (κ1) is 27.5. The van der Waals surface area contributed by atoms with Gasteiger partial charge >= 0.3 is 6.03 Å². The first-order valence-electron chi connectivity index (χ1n) is 11.9. The summed E-state index contributed by atoms with van der Waals surface area (Å²) >= 11 is 3.47. The Morgan fingerprint density at radius 2 is 1.74 bits per heavy atom. The normalized spacial score (nSPS) is 14.4. The fourth-order valence-corrected chi connectivity index (χ4v) is 4.52. The number of carbonyl (C=O) groups is 3. The fraction of sp³-hybridized carbons (Fsp3) is 0.179. The number of nitro benzene ring substituents is 1. The minimum absolute atomic E-state index is 0.0218. The number of hydrogen-bond acceptors (Lipinski definition) is 7. The predicted octanol–water partition coefficient (Wildman–Crippen LogP) is 5.62. The second-order valence-corrected chi connectivity index (χ2v) is 9.58. The van der Waals surface area contributed by atoms with Crippen molar-refractivity contribution in [3.63, 3.8) is 0 Å². The third-order valence-corrected chi connectivity index (χ3v) is 6.47. The third kappa shape index (κ3) is 5.99. The minimum Gasteiger partial charge on any atom is -0.490 e. The van der Waals surface area contributed by atoms with Gasteiger partial charge in [0.1, 0.15) is 12.2 Å². The lowest BCUT2D eigenvalue weighted by Crippen LogP contribution is -2.54. The van der Waals surface area contributed by atoms with Crippen molar-refractivity contribution < 1.29 is 28.8 Å². The van der Waals surface area contributed by atoms with Crippen LogP contribution in [0.1, 0.15) is 29.2 Å². The molecule has 0 bridgehead atoms. The molecule has 0 atom stereocenters. The van der Waals surface area contributed by atoms with E-state index < -0.39 is 22.8 Å². The van der Waals surface area contributed by atoms with Gasteiger partial charge in [-0.15, -0.1) is 0 Å². The van der Waals surface area contributed by atoms with Gasteiger partial charge in [0.25, 0.3) is 17.5 Å². The van der Waals surface area contributed by atoms with Gasteiger partial charge in [-0.05, 0) is 95.4 Å². The maximum absolute atomic E-state index is 13.4. The second kappa shape index (κ2) is 11.5. The zero-order valence-corrected chi connectivity index (χ0v) is 22.9. The van der Waals surface area contributed by atoms with Crippen molar-refractivity contribution in [3.8, 4) is 11.5 Å². The Morgan fingerprint density at radius 3 is 2.41 bits per heavy atom. The summed E-state index contributed by atoms with van der Waals surface area (Å²) in [5.74, 6) is -0.820. The van der Waals surface area contributed by atoms with Crippen LogP contribution in [-0.4, -0.2) is 29.4 Å². The molecule has 4 rings (SSSR count). The van der Waals surface area contributed by atoms with Crippen LogP contribution in [-0.2, 0) is 16.2 Å². The van der Waals surface area contributed by atoms with Crippen molar-refractivity contribution in [2.75, 3.05) is 11.5 Å². The van der Waals surface area contributed by atoms with E-state index in [0.717, 1.165) is 10.5 Å². The molecule has 0 aliphatic carbocycles. The largest absolute Gasteiger partial charge is 0.490 e. The number of benzene rings is 3. The number of imide groups is 2. The Morgan fingerprint density at radius 1 is 1.03 bits per heavy atom. The Hall–Kier alpha value is -4.51. The Kier molecular flexibility index (Phi) is 8.10. The van der Waals surface area contributed by atoms with Crippen molar-refractivity contribution >= 4 is 51.2 Å². The van der Waals surface area contributed by atoms with Crippen molar-refractivity contribution in [2.45, 2.75) is 27.4 Å². The van der Waals surface area contributed by atoms with Crippen LogP contribution in [0.2, 0.25) is 0 Å². The molecule has 3 aromatic rings. The molecular formula is C28H24BrN3O7. The summed E-state index contributed by atoms with van der Waals surface area (Å²) in [6.07, 6.45) is 1.38. The Labute approximate surface area is 232 Å². The van der Waals surface area contributed by atoms with E-state index >= 15 is 0 Å². The molecule has 1 saturated heterocycles. The zero-order chi connectivity index (χ0) is 28.3. The van der Waals surface area contributed by atoms with E-state index in [-0.39, 0.29) is 17.9 Å². The molecule has 39 heavy (non-hydrogen) atoms. The van der Waals surface area contributed by atoms with Crippen LogP contribution in [0.25, 0.3) is 6.08 Å². The SMILES string of the molecule is CCOc1cc(/C=C2\C(=O)NC(=O)N(c3cc(C)ccc3C)C2=O)cc(Br)c1OCc1ccc([N+](=O)[O-])cc1.